The third-order valence-corrected chi connectivity index (χ3v) is 5.08. The van der Waals surface area contributed by atoms with E-state index < -0.39 is 12.1 Å². The van der Waals surface area contributed by atoms with Crippen molar-refractivity contribution in [2.24, 2.45) is 0 Å². The quantitative estimate of drug-likeness (QED) is 0.340. The molecule has 164 valence electrons. The second kappa shape index (κ2) is 9.78. The lowest BCUT2D eigenvalue weighted by Crippen LogP contribution is -2.50. The van der Waals surface area contributed by atoms with Gasteiger partial charge in [0.25, 0.3) is 0 Å². The van der Waals surface area contributed by atoms with E-state index in [1.54, 1.807) is 0 Å². The number of carbonyl (C=O) groups is 2. The van der Waals surface area contributed by atoms with Crippen LogP contribution in [0.3, 0.4) is 0 Å². The average Bonchev–Trinajstić information content (AvgIpc) is 3.44. The number of nitrogens with one attached hydrogen (secondary N) is 4. The van der Waals surface area contributed by atoms with Crippen molar-refractivity contribution in [3.8, 4) is 0 Å². The standard InChI is InChI=1S/C23H24N6O3/c1-24-22(30)19(12-16-13-25-18-10-6-5-9-17(16)18)27-23(31)26-14-21-28-20(29-32-21)11-15-7-3-2-4-8-15/h2-10,13,19,25H,11-12,14H2,1H3,(H,24,30)(H2,26,27,31)/t19-/m0/s1. The van der Waals surface area contributed by atoms with Crippen LogP contribution in [-0.2, 0) is 24.2 Å². The molecule has 0 saturated carbocycles. The molecule has 0 aliphatic heterocycles. The van der Waals surface area contributed by atoms with E-state index in [0.717, 1.165) is 22.0 Å². The first-order valence-corrected chi connectivity index (χ1v) is 10.3. The number of aromatic nitrogens is 3. The Bertz CT molecular complexity index is 1200. The number of H-pyrrole nitrogens is 1. The van der Waals surface area contributed by atoms with Gasteiger partial charge in [0.2, 0.25) is 11.8 Å². The second-order valence-corrected chi connectivity index (χ2v) is 7.32. The Hall–Kier alpha value is -4.14. The van der Waals surface area contributed by atoms with E-state index in [4.69, 9.17) is 4.52 Å². The minimum atomic E-state index is -0.740. The molecule has 2 heterocycles. The van der Waals surface area contributed by atoms with Crippen LogP contribution in [-0.4, -0.2) is 40.2 Å². The van der Waals surface area contributed by atoms with Gasteiger partial charge in [-0.05, 0) is 17.2 Å². The Kier molecular flexibility index (Phi) is 6.45. The minimum absolute atomic E-state index is 0.0567. The number of amides is 3. The van der Waals surface area contributed by atoms with Gasteiger partial charge in [-0.1, -0.05) is 53.7 Å². The number of hydrogen-bond donors (Lipinski definition) is 4. The van der Waals surface area contributed by atoms with Crippen molar-refractivity contribution < 1.29 is 14.1 Å². The van der Waals surface area contributed by atoms with Gasteiger partial charge >= 0.3 is 6.03 Å². The predicted molar refractivity (Wildman–Crippen MR) is 119 cm³/mol. The van der Waals surface area contributed by atoms with E-state index in [2.05, 4.69) is 31.1 Å². The van der Waals surface area contributed by atoms with Crippen molar-refractivity contribution in [3.05, 3.63) is 83.6 Å². The summed E-state index contributed by atoms with van der Waals surface area (Å²) in [5, 5.41) is 12.9. The summed E-state index contributed by atoms with van der Waals surface area (Å²) >= 11 is 0. The normalized spacial score (nSPS) is 11.8. The van der Waals surface area contributed by atoms with Gasteiger partial charge in [0.1, 0.15) is 6.04 Å². The molecule has 4 aromatic rings. The summed E-state index contributed by atoms with van der Waals surface area (Å²) in [6, 6.07) is 16.4. The summed E-state index contributed by atoms with van der Waals surface area (Å²) in [7, 11) is 1.54. The lowest BCUT2D eigenvalue weighted by Gasteiger charge is -2.17. The van der Waals surface area contributed by atoms with Crippen LogP contribution in [0.25, 0.3) is 10.9 Å². The molecule has 3 amide bonds. The fraction of sp³-hybridized carbons (Fsp3) is 0.217. The van der Waals surface area contributed by atoms with Crippen molar-refractivity contribution in [1.82, 2.24) is 31.1 Å². The van der Waals surface area contributed by atoms with E-state index in [0.29, 0.717) is 24.6 Å². The van der Waals surface area contributed by atoms with Crippen LogP contribution in [0.15, 0.2) is 65.3 Å². The molecule has 2 aromatic carbocycles. The molecule has 9 nitrogen and oxygen atoms in total. The number of nitrogens with zero attached hydrogens (tertiary/aromatic N) is 2. The van der Waals surface area contributed by atoms with E-state index in [1.807, 2.05) is 60.8 Å². The highest BCUT2D eigenvalue weighted by molar-refractivity contribution is 5.89. The first kappa shape index (κ1) is 21.1. The van der Waals surface area contributed by atoms with Gasteiger partial charge in [-0.15, -0.1) is 0 Å². The van der Waals surface area contributed by atoms with E-state index >= 15 is 0 Å². The summed E-state index contributed by atoms with van der Waals surface area (Å²) in [6.07, 6.45) is 2.74. The van der Waals surface area contributed by atoms with Crippen molar-refractivity contribution >= 4 is 22.8 Å². The van der Waals surface area contributed by atoms with Gasteiger partial charge in [0, 0.05) is 37.0 Å². The smallest absolute Gasteiger partial charge is 0.315 e. The molecular weight excluding hydrogens is 408 g/mol. The van der Waals surface area contributed by atoms with Crippen LogP contribution < -0.4 is 16.0 Å². The van der Waals surface area contributed by atoms with E-state index in [9.17, 15) is 9.59 Å². The molecule has 4 rings (SSSR count). The molecule has 4 N–H and O–H groups in total. The SMILES string of the molecule is CNC(=O)[C@H](Cc1c[nH]c2ccccc12)NC(=O)NCc1nc(Cc2ccccc2)no1. The van der Waals surface area contributed by atoms with Gasteiger partial charge < -0.3 is 25.5 Å². The van der Waals surface area contributed by atoms with Gasteiger partial charge in [0.15, 0.2) is 5.82 Å². The van der Waals surface area contributed by atoms with Gasteiger partial charge in [-0.25, -0.2) is 4.79 Å². The van der Waals surface area contributed by atoms with Gasteiger partial charge in [-0.2, -0.15) is 4.98 Å². The van der Waals surface area contributed by atoms with Crippen molar-refractivity contribution in [3.63, 3.8) is 0 Å². The minimum Gasteiger partial charge on any atom is -0.361 e. The number of aromatic amines is 1. The molecular formula is C23H24N6O3. The van der Waals surface area contributed by atoms with Crippen LogP contribution in [0.4, 0.5) is 4.79 Å². The summed E-state index contributed by atoms with van der Waals surface area (Å²) < 4.78 is 5.21. The van der Waals surface area contributed by atoms with Gasteiger partial charge in [-0.3, -0.25) is 4.79 Å². The average molecular weight is 432 g/mol. The van der Waals surface area contributed by atoms with Gasteiger partial charge in [0.05, 0.1) is 6.54 Å². The number of fused-ring (bicyclic) bond motifs is 1. The van der Waals surface area contributed by atoms with Crippen LogP contribution in [0.1, 0.15) is 22.8 Å². The number of benzene rings is 2. The zero-order chi connectivity index (χ0) is 22.3. The fourth-order valence-electron chi connectivity index (χ4n) is 3.48. The summed E-state index contributed by atoms with van der Waals surface area (Å²) in [4.78, 5) is 32.3. The van der Waals surface area contributed by atoms with E-state index in [1.165, 1.54) is 7.05 Å². The summed E-state index contributed by atoms with van der Waals surface area (Å²) in [5.74, 6) is 0.545. The molecule has 0 radical (unpaired) electrons. The van der Waals surface area contributed by atoms with E-state index in [-0.39, 0.29) is 12.5 Å². The molecule has 1 atom stereocenters. The van der Waals surface area contributed by atoms with Crippen LogP contribution in [0.5, 0.6) is 0 Å². The Labute approximate surface area is 184 Å². The molecule has 0 saturated heterocycles. The number of likely N-dealkylation sites (N-methyl/N-ethyl adjacent to an activating group) is 1. The lowest BCUT2D eigenvalue weighted by atomic mass is 10.0. The van der Waals surface area contributed by atoms with Crippen molar-refractivity contribution in [2.75, 3.05) is 7.05 Å². The van der Waals surface area contributed by atoms with Crippen LogP contribution >= 0.6 is 0 Å². The third-order valence-electron chi connectivity index (χ3n) is 5.08. The summed E-state index contributed by atoms with van der Waals surface area (Å²) in [6.45, 7) is 0.0567. The van der Waals surface area contributed by atoms with Crippen LogP contribution in [0.2, 0.25) is 0 Å². The molecule has 0 unspecified atom stereocenters. The molecule has 2 aromatic heterocycles. The first-order valence-electron chi connectivity index (χ1n) is 10.3. The Balaban J connectivity index is 1.34. The molecule has 32 heavy (non-hydrogen) atoms. The maximum absolute atomic E-state index is 12.4. The lowest BCUT2D eigenvalue weighted by molar-refractivity contribution is -0.122. The van der Waals surface area contributed by atoms with Crippen LogP contribution in [0, 0.1) is 0 Å². The number of hydrogen-bond acceptors (Lipinski definition) is 5. The molecule has 0 fully saturated rings. The fourth-order valence-corrected chi connectivity index (χ4v) is 3.48. The zero-order valence-electron chi connectivity index (χ0n) is 17.6. The molecule has 0 spiro atoms. The molecule has 0 aliphatic carbocycles. The Morgan fingerprint density at radius 2 is 1.88 bits per heavy atom. The number of rotatable bonds is 8. The Morgan fingerprint density at radius 3 is 2.69 bits per heavy atom. The number of carbonyl (C=O) groups excluding carboxylic acids is 2. The highest BCUT2D eigenvalue weighted by atomic mass is 16.5. The third kappa shape index (κ3) is 5.12. The second-order valence-electron chi connectivity index (χ2n) is 7.32. The van der Waals surface area contributed by atoms with Crippen molar-refractivity contribution in [1.29, 1.82) is 0 Å². The highest BCUT2D eigenvalue weighted by Gasteiger charge is 2.22. The number of para-hydroxylation sites is 1. The Morgan fingerprint density at radius 1 is 1.09 bits per heavy atom. The molecule has 0 aliphatic rings. The number of urea groups is 1. The highest BCUT2D eigenvalue weighted by Crippen LogP contribution is 2.19. The maximum atomic E-state index is 12.4. The predicted octanol–water partition coefficient (Wildman–Crippen LogP) is 2.30. The molecule has 9 heteroatoms. The first-order chi connectivity index (χ1) is 15.6. The largest absolute Gasteiger partial charge is 0.361 e. The topological polar surface area (TPSA) is 125 Å². The van der Waals surface area contributed by atoms with Crippen molar-refractivity contribution in [2.45, 2.75) is 25.4 Å². The maximum Gasteiger partial charge on any atom is 0.315 e. The zero-order valence-corrected chi connectivity index (χ0v) is 17.6. The monoisotopic (exact) mass is 432 g/mol. The summed E-state index contributed by atoms with van der Waals surface area (Å²) in [5.41, 5.74) is 2.98. The molecule has 0 bridgehead atoms.